The van der Waals surface area contributed by atoms with Crippen molar-refractivity contribution in [2.24, 2.45) is 10.3 Å². The lowest BCUT2D eigenvalue weighted by atomic mass is 10.2. The van der Waals surface area contributed by atoms with Gasteiger partial charge in [-0.25, -0.2) is 23.0 Å². The first kappa shape index (κ1) is 39.2. The largest absolute Gasteiger partial charge is 0.573 e. The monoisotopic (exact) mass is 712 g/mol. The molecule has 0 aliphatic rings. The maximum Gasteiger partial charge on any atom is 0.573 e. The van der Waals surface area contributed by atoms with Gasteiger partial charge in [0, 0.05) is 19.8 Å². The Bertz CT molecular complexity index is 1350. The summed E-state index contributed by atoms with van der Waals surface area (Å²) in [6, 6.07) is 9.73. The van der Waals surface area contributed by atoms with Gasteiger partial charge >= 0.3 is 24.6 Å². The number of urea groups is 1. The molecule has 0 heterocycles. The first-order chi connectivity index (χ1) is 21.1. The number of carbonyl (C=O) groups is 4. The van der Waals surface area contributed by atoms with E-state index in [2.05, 4.69) is 35.4 Å². The van der Waals surface area contributed by atoms with Crippen molar-refractivity contribution in [3.63, 3.8) is 0 Å². The first-order valence-corrected chi connectivity index (χ1v) is 15.6. The van der Waals surface area contributed by atoms with Crippen LogP contribution in [-0.4, -0.2) is 75.8 Å². The topological polar surface area (TPSA) is 151 Å². The molecule has 0 unspecified atom stereocenters. The van der Waals surface area contributed by atoms with Crippen LogP contribution in [-0.2, 0) is 9.68 Å². The maximum atomic E-state index is 12.0. The summed E-state index contributed by atoms with van der Waals surface area (Å²) in [5, 5.41) is 13.0. The molecule has 0 radical (unpaired) electrons. The van der Waals surface area contributed by atoms with Crippen molar-refractivity contribution in [1.82, 2.24) is 13.9 Å². The number of rotatable bonds is 7. The minimum absolute atomic E-state index is 0.114. The Balaban J connectivity index is 0.000000455. The van der Waals surface area contributed by atoms with E-state index in [9.17, 15) is 32.3 Å². The van der Waals surface area contributed by atoms with Crippen LogP contribution in [0.25, 0.3) is 0 Å². The van der Waals surface area contributed by atoms with E-state index in [0.717, 1.165) is 32.9 Å². The normalized spacial score (nSPS) is 11.3. The van der Waals surface area contributed by atoms with Crippen molar-refractivity contribution in [2.75, 3.05) is 31.9 Å². The molecule has 20 heteroatoms. The second-order valence-corrected chi connectivity index (χ2v) is 11.5. The van der Waals surface area contributed by atoms with E-state index in [1.165, 1.54) is 61.9 Å². The molecule has 0 bridgehead atoms. The molecule has 0 atom stereocenters. The number of benzene rings is 2. The zero-order valence-corrected chi connectivity index (χ0v) is 27.7. The van der Waals surface area contributed by atoms with Gasteiger partial charge < -0.3 is 10.1 Å². The van der Waals surface area contributed by atoms with Crippen LogP contribution < -0.4 is 15.4 Å². The van der Waals surface area contributed by atoms with Crippen LogP contribution in [0.15, 0.2) is 58.8 Å². The van der Waals surface area contributed by atoms with Crippen molar-refractivity contribution in [3.8, 4) is 5.75 Å². The number of imide groups is 1. The Kier molecular flexibility index (Phi) is 17.0. The van der Waals surface area contributed by atoms with Crippen LogP contribution in [0.2, 0.25) is 5.02 Å². The van der Waals surface area contributed by atoms with Crippen LogP contribution in [0.4, 0.5) is 33.2 Å². The summed E-state index contributed by atoms with van der Waals surface area (Å²) >= 11 is 9.34. The smallest absolute Gasteiger partial charge is 0.406 e. The number of ether oxygens (including phenoxy) is 1. The Morgan fingerprint density at radius 1 is 0.844 bits per heavy atom. The van der Waals surface area contributed by atoms with E-state index in [1.54, 1.807) is 26.0 Å². The fourth-order valence-electron chi connectivity index (χ4n) is 2.36. The lowest BCUT2D eigenvalue weighted by Gasteiger charge is -2.19. The van der Waals surface area contributed by atoms with E-state index in [0.29, 0.717) is 10.1 Å². The van der Waals surface area contributed by atoms with Crippen LogP contribution >= 0.6 is 47.3 Å². The number of nitrogens with zero attached hydrogens (tertiary/aromatic N) is 4. The molecule has 0 spiro atoms. The highest BCUT2D eigenvalue weighted by molar-refractivity contribution is 8.13. The number of anilines is 1. The second-order valence-electron chi connectivity index (χ2n) is 7.88. The fourth-order valence-corrected chi connectivity index (χ4v) is 3.38. The lowest BCUT2D eigenvalue weighted by Crippen LogP contribution is -2.34. The molecule has 0 aliphatic carbocycles. The minimum atomic E-state index is -4.80. The van der Waals surface area contributed by atoms with Crippen molar-refractivity contribution < 1.29 is 46.8 Å². The molecule has 45 heavy (non-hydrogen) atoms. The van der Waals surface area contributed by atoms with Crippen LogP contribution in [0.5, 0.6) is 5.75 Å². The molecule has 2 rings (SSSR count). The Labute approximate surface area is 274 Å². The molecule has 0 aromatic heterocycles. The summed E-state index contributed by atoms with van der Waals surface area (Å²) in [5.74, 6) is -1.14. The number of oxime groups is 2. The second kappa shape index (κ2) is 19.6. The summed E-state index contributed by atoms with van der Waals surface area (Å²) in [6.07, 6.45) is -2.60. The number of hydrogen-bond acceptors (Lipinski definition) is 12. The summed E-state index contributed by atoms with van der Waals surface area (Å²) in [7, 11) is 2.88. The van der Waals surface area contributed by atoms with E-state index < -0.39 is 36.2 Å². The Hall–Kier alpha value is -3.81. The SMILES string of the molecule is CS/C(C)=N/OC(=O)N(C)SN(C)C(=O)O/N=C(\C)SC.O=C(NC(=O)c1ccccc1Cl)Nc1ccc(OC(F)(F)F)cc1. The Morgan fingerprint density at radius 3 is 1.78 bits per heavy atom. The molecule has 2 N–H and O–H groups in total. The van der Waals surface area contributed by atoms with Gasteiger partial charge in [0.15, 0.2) is 0 Å². The number of halogens is 4. The third-order valence-corrected chi connectivity index (χ3v) is 6.99. The van der Waals surface area contributed by atoms with Gasteiger partial charge in [0.05, 0.1) is 22.7 Å². The summed E-state index contributed by atoms with van der Waals surface area (Å²) < 4.78 is 42.0. The van der Waals surface area contributed by atoms with E-state index in [1.807, 2.05) is 12.5 Å². The Morgan fingerprint density at radius 2 is 1.33 bits per heavy atom. The van der Waals surface area contributed by atoms with Crippen LogP contribution in [0.1, 0.15) is 24.2 Å². The molecule has 246 valence electrons. The van der Waals surface area contributed by atoms with E-state index in [-0.39, 0.29) is 16.3 Å². The predicted octanol–water partition coefficient (Wildman–Crippen LogP) is 7.28. The zero-order valence-electron chi connectivity index (χ0n) is 24.5. The first-order valence-electron chi connectivity index (χ1n) is 12.0. The minimum Gasteiger partial charge on any atom is -0.406 e. The lowest BCUT2D eigenvalue weighted by molar-refractivity contribution is -0.274. The van der Waals surface area contributed by atoms with Gasteiger partial charge in [-0.05, 0) is 62.8 Å². The van der Waals surface area contributed by atoms with Gasteiger partial charge in [-0.2, -0.15) is 0 Å². The highest BCUT2D eigenvalue weighted by atomic mass is 35.5. The maximum absolute atomic E-state index is 12.0. The molecular weight excluding hydrogens is 685 g/mol. The van der Waals surface area contributed by atoms with Crippen molar-refractivity contribution in [3.05, 3.63) is 59.1 Å². The third-order valence-electron chi connectivity index (χ3n) is 4.55. The molecule has 0 fully saturated rings. The zero-order chi connectivity index (χ0) is 34.2. The third kappa shape index (κ3) is 16.2. The molecule has 5 amide bonds. The molecular formula is C25H28ClF3N6O7S3. The summed E-state index contributed by atoms with van der Waals surface area (Å²) in [6.45, 7) is 3.42. The number of alkyl halides is 3. The number of amides is 5. The predicted molar refractivity (Wildman–Crippen MR) is 170 cm³/mol. The molecule has 13 nitrogen and oxygen atoms in total. The van der Waals surface area contributed by atoms with Gasteiger partial charge in [-0.3, -0.25) is 19.8 Å². The van der Waals surface area contributed by atoms with Crippen molar-refractivity contribution >= 4 is 87.2 Å². The average molecular weight is 713 g/mol. The number of hydrogen-bond donors (Lipinski definition) is 2. The van der Waals surface area contributed by atoms with Gasteiger partial charge in [0.2, 0.25) is 0 Å². The standard InChI is InChI=1S/C15H10ClF3N2O3.C10H18N4O4S3/c16-12-4-2-1-3-11(12)13(22)21-14(23)20-9-5-7-10(8-6-9)24-15(17,18)19;1-7(19-5)11-17-9(15)13(3)21-14(4)10(16)18-12-8(2)20-6/h1-8H,(H2,20,21,22,23);1-6H3/b;11-7+,12-8+. The van der Waals surface area contributed by atoms with Crippen molar-refractivity contribution in [1.29, 1.82) is 0 Å². The van der Waals surface area contributed by atoms with Crippen LogP contribution in [0, 0.1) is 0 Å². The summed E-state index contributed by atoms with van der Waals surface area (Å²) in [4.78, 5) is 56.1. The summed E-state index contributed by atoms with van der Waals surface area (Å²) in [5.41, 5.74) is 0.289. The van der Waals surface area contributed by atoms with E-state index in [4.69, 9.17) is 11.6 Å². The van der Waals surface area contributed by atoms with Gasteiger partial charge in [-0.15, -0.1) is 36.7 Å². The highest BCUT2D eigenvalue weighted by Gasteiger charge is 2.31. The van der Waals surface area contributed by atoms with Gasteiger partial charge in [0.25, 0.3) is 5.91 Å². The van der Waals surface area contributed by atoms with Gasteiger partial charge in [0.1, 0.15) is 15.8 Å². The highest BCUT2D eigenvalue weighted by Crippen LogP contribution is 2.24. The molecule has 0 aliphatic heterocycles. The molecule has 0 saturated carbocycles. The molecule has 2 aromatic rings. The van der Waals surface area contributed by atoms with E-state index >= 15 is 0 Å². The number of thioether (sulfide) groups is 2. The number of carbonyl (C=O) groups excluding carboxylic acids is 4. The van der Waals surface area contributed by atoms with Crippen molar-refractivity contribution in [2.45, 2.75) is 20.2 Å². The average Bonchev–Trinajstić information content (AvgIpc) is 2.98. The van der Waals surface area contributed by atoms with Gasteiger partial charge in [-0.1, -0.05) is 34.0 Å². The van der Waals surface area contributed by atoms with Crippen LogP contribution in [0.3, 0.4) is 0 Å². The molecule has 2 aromatic carbocycles. The molecule has 0 saturated heterocycles. The number of nitrogens with one attached hydrogen (secondary N) is 2. The quantitative estimate of drug-likeness (QED) is 0.0985. The fraction of sp³-hybridized carbons (Fsp3) is 0.280.